The molecule has 1 heterocycles. The number of ether oxygens (including phenoxy) is 1. The summed E-state index contributed by atoms with van der Waals surface area (Å²) in [6.45, 7) is 4.71. The Morgan fingerprint density at radius 3 is 2.50 bits per heavy atom. The first-order valence-electron chi connectivity index (χ1n) is 11.7. The number of esters is 1. The molecule has 190 valence electrons. The van der Waals surface area contributed by atoms with Gasteiger partial charge in [-0.1, -0.05) is 49.7 Å². The molecule has 36 heavy (non-hydrogen) atoms. The second kappa shape index (κ2) is 12.6. The first kappa shape index (κ1) is 27.3. The van der Waals surface area contributed by atoms with Crippen LogP contribution in [0, 0.1) is 11.5 Å². The number of hydrogen-bond acceptors (Lipinski definition) is 7. The van der Waals surface area contributed by atoms with Crippen molar-refractivity contribution in [3.05, 3.63) is 76.7 Å². The standard InChI is InChI=1S/C26H30N4O4S2/c1-4-6-10-23-29-25(35-3)24(26(31)34-5-2)30(23)17-20-13-11-19(12-14-20)15-21-8-7-9-22(16-21)36(32,33)28-18-27/h7-9,11-14,16,28H,4-6,10,15,17H2,1-3H3. The van der Waals surface area contributed by atoms with Gasteiger partial charge in [0.25, 0.3) is 10.0 Å². The SMILES string of the molecule is CCCCc1nc(SC)c(C(=O)OCC)n1Cc1ccc(Cc2cccc(S(=O)(=O)NC#N)c2)cc1. The van der Waals surface area contributed by atoms with Gasteiger partial charge >= 0.3 is 5.97 Å². The maximum Gasteiger partial charge on any atom is 0.357 e. The molecular weight excluding hydrogens is 496 g/mol. The highest BCUT2D eigenvalue weighted by molar-refractivity contribution is 7.98. The third-order valence-corrected chi connectivity index (χ3v) is 7.50. The second-order valence-electron chi connectivity index (χ2n) is 8.15. The summed E-state index contributed by atoms with van der Waals surface area (Å²) in [6.07, 6.45) is 6.69. The Kier molecular flexibility index (Phi) is 9.56. The first-order chi connectivity index (χ1) is 17.3. The molecule has 10 heteroatoms. The maximum absolute atomic E-state index is 12.8. The molecule has 0 aliphatic rings. The monoisotopic (exact) mass is 526 g/mol. The number of nitrogens with zero attached hydrogens (tertiary/aromatic N) is 3. The number of carbonyl (C=O) groups excluding carboxylic acids is 1. The van der Waals surface area contributed by atoms with Gasteiger partial charge in [0.2, 0.25) is 0 Å². The van der Waals surface area contributed by atoms with Crippen LogP contribution in [-0.2, 0) is 34.1 Å². The minimum atomic E-state index is -3.85. The summed E-state index contributed by atoms with van der Waals surface area (Å²) in [6, 6.07) is 14.5. The zero-order valence-corrected chi connectivity index (χ0v) is 22.3. The molecule has 1 aromatic heterocycles. The summed E-state index contributed by atoms with van der Waals surface area (Å²) < 4.78 is 33.4. The lowest BCUT2D eigenvalue weighted by molar-refractivity contribution is 0.0509. The van der Waals surface area contributed by atoms with Crippen LogP contribution in [-0.4, -0.2) is 36.8 Å². The molecule has 0 radical (unpaired) electrons. The van der Waals surface area contributed by atoms with Crippen LogP contribution in [0.25, 0.3) is 0 Å². The van der Waals surface area contributed by atoms with E-state index < -0.39 is 10.0 Å². The summed E-state index contributed by atoms with van der Waals surface area (Å²) in [5.74, 6) is 0.506. The van der Waals surface area contributed by atoms with Gasteiger partial charge in [0, 0.05) is 13.0 Å². The van der Waals surface area contributed by atoms with Gasteiger partial charge in [-0.25, -0.2) is 22.9 Å². The Labute approximate surface area is 216 Å². The summed E-state index contributed by atoms with van der Waals surface area (Å²) in [4.78, 5) is 17.5. The van der Waals surface area contributed by atoms with E-state index >= 15 is 0 Å². The minimum Gasteiger partial charge on any atom is -0.461 e. The molecule has 0 saturated heterocycles. The van der Waals surface area contributed by atoms with Crippen LogP contribution in [0.1, 0.15) is 59.7 Å². The second-order valence-corrected chi connectivity index (χ2v) is 10.6. The number of sulfonamides is 1. The molecule has 0 aliphatic carbocycles. The molecule has 8 nitrogen and oxygen atoms in total. The molecule has 1 N–H and O–H groups in total. The highest BCUT2D eigenvalue weighted by atomic mass is 32.2. The number of imidazole rings is 1. The fraction of sp³-hybridized carbons (Fsp3) is 0.346. The number of nitrogens with one attached hydrogen (secondary N) is 1. The Balaban J connectivity index is 1.84. The van der Waals surface area contributed by atoms with Crippen molar-refractivity contribution in [2.75, 3.05) is 12.9 Å². The molecule has 0 unspecified atom stereocenters. The number of thioether (sulfide) groups is 1. The fourth-order valence-corrected chi connectivity index (χ4v) is 5.22. The van der Waals surface area contributed by atoms with Gasteiger partial charge in [0.1, 0.15) is 10.9 Å². The Morgan fingerprint density at radius 2 is 1.86 bits per heavy atom. The smallest absolute Gasteiger partial charge is 0.357 e. The van der Waals surface area contributed by atoms with Gasteiger partial charge in [-0.3, -0.25) is 0 Å². The summed E-state index contributed by atoms with van der Waals surface area (Å²) in [5.41, 5.74) is 3.33. The normalized spacial score (nSPS) is 11.2. The molecule has 0 bridgehead atoms. The van der Waals surface area contributed by atoms with Crippen LogP contribution < -0.4 is 4.72 Å². The zero-order chi connectivity index (χ0) is 26.1. The van der Waals surface area contributed by atoms with Crippen molar-refractivity contribution < 1.29 is 17.9 Å². The highest BCUT2D eigenvalue weighted by Crippen LogP contribution is 2.25. The molecule has 3 aromatic rings. The average molecular weight is 527 g/mol. The molecule has 0 amide bonds. The van der Waals surface area contributed by atoms with Crippen LogP contribution in [0.2, 0.25) is 0 Å². The van der Waals surface area contributed by atoms with Crippen molar-refractivity contribution in [1.29, 1.82) is 5.26 Å². The van der Waals surface area contributed by atoms with E-state index in [2.05, 4.69) is 6.92 Å². The number of carbonyl (C=O) groups is 1. The number of rotatable bonds is 12. The van der Waals surface area contributed by atoms with Crippen molar-refractivity contribution in [1.82, 2.24) is 14.3 Å². The molecular formula is C26H30N4O4S2. The molecule has 0 spiro atoms. The van der Waals surface area contributed by atoms with Crippen molar-refractivity contribution in [3.8, 4) is 6.19 Å². The van der Waals surface area contributed by atoms with Gasteiger partial charge in [0.05, 0.1) is 11.5 Å². The predicted octanol–water partition coefficient (Wildman–Crippen LogP) is 4.52. The Bertz CT molecular complexity index is 1340. The van der Waals surface area contributed by atoms with E-state index in [-0.39, 0.29) is 10.9 Å². The van der Waals surface area contributed by atoms with Crippen LogP contribution in [0.4, 0.5) is 0 Å². The first-order valence-corrected chi connectivity index (χ1v) is 14.4. The number of benzene rings is 2. The largest absolute Gasteiger partial charge is 0.461 e. The van der Waals surface area contributed by atoms with E-state index in [1.54, 1.807) is 19.1 Å². The molecule has 0 saturated carbocycles. The number of aryl methyl sites for hydroxylation is 1. The molecule has 0 fully saturated rings. The number of hydrogen-bond donors (Lipinski definition) is 1. The van der Waals surface area contributed by atoms with E-state index in [1.165, 1.54) is 24.0 Å². The maximum atomic E-state index is 12.8. The fourth-order valence-electron chi connectivity index (χ4n) is 3.83. The summed E-state index contributed by atoms with van der Waals surface area (Å²) in [5, 5.41) is 9.35. The molecule has 0 atom stereocenters. The number of nitriles is 1. The van der Waals surface area contributed by atoms with Crippen molar-refractivity contribution in [2.24, 2.45) is 0 Å². The van der Waals surface area contributed by atoms with Crippen LogP contribution in [0.15, 0.2) is 58.5 Å². The molecule has 0 aliphatic heterocycles. The number of aromatic nitrogens is 2. The minimum absolute atomic E-state index is 0.0500. The Morgan fingerprint density at radius 1 is 1.14 bits per heavy atom. The quantitative estimate of drug-likeness (QED) is 0.160. The van der Waals surface area contributed by atoms with Crippen LogP contribution in [0.5, 0.6) is 0 Å². The van der Waals surface area contributed by atoms with Gasteiger partial charge in [-0.15, -0.1) is 11.8 Å². The zero-order valence-electron chi connectivity index (χ0n) is 20.7. The van der Waals surface area contributed by atoms with Gasteiger partial charge in [0.15, 0.2) is 11.9 Å². The van der Waals surface area contributed by atoms with Crippen molar-refractivity contribution in [3.63, 3.8) is 0 Å². The van der Waals surface area contributed by atoms with E-state index in [1.807, 2.05) is 45.9 Å². The van der Waals surface area contributed by atoms with Crippen LogP contribution >= 0.6 is 11.8 Å². The molecule has 2 aromatic carbocycles. The Hall–Kier alpha value is -3.29. The highest BCUT2D eigenvalue weighted by Gasteiger charge is 2.24. The van der Waals surface area contributed by atoms with Gasteiger partial charge < -0.3 is 9.30 Å². The lowest BCUT2D eigenvalue weighted by Crippen LogP contribution is -2.18. The van der Waals surface area contributed by atoms with E-state index in [0.717, 1.165) is 41.8 Å². The van der Waals surface area contributed by atoms with Crippen molar-refractivity contribution in [2.45, 2.75) is 56.0 Å². The predicted molar refractivity (Wildman–Crippen MR) is 139 cm³/mol. The topological polar surface area (TPSA) is 114 Å². The summed E-state index contributed by atoms with van der Waals surface area (Å²) in [7, 11) is -3.85. The van der Waals surface area contributed by atoms with E-state index in [4.69, 9.17) is 15.0 Å². The third-order valence-electron chi connectivity index (χ3n) is 5.59. The van der Waals surface area contributed by atoms with Gasteiger partial charge in [-0.2, -0.15) is 5.26 Å². The van der Waals surface area contributed by atoms with E-state index in [9.17, 15) is 13.2 Å². The van der Waals surface area contributed by atoms with Crippen LogP contribution in [0.3, 0.4) is 0 Å². The molecule has 3 rings (SSSR count). The lowest BCUT2D eigenvalue weighted by Gasteiger charge is -2.13. The van der Waals surface area contributed by atoms with E-state index in [0.29, 0.717) is 30.3 Å². The third kappa shape index (κ3) is 6.68. The number of unbranched alkanes of at least 4 members (excludes halogenated alkanes) is 1. The summed E-state index contributed by atoms with van der Waals surface area (Å²) >= 11 is 1.44. The van der Waals surface area contributed by atoms with Crippen molar-refractivity contribution >= 4 is 27.8 Å². The lowest BCUT2D eigenvalue weighted by atomic mass is 10.0. The average Bonchev–Trinajstić information content (AvgIpc) is 3.21. The van der Waals surface area contributed by atoms with Gasteiger partial charge in [-0.05, 0) is 54.8 Å².